The van der Waals surface area contributed by atoms with E-state index < -0.39 is 0 Å². The van der Waals surface area contributed by atoms with Crippen molar-refractivity contribution in [2.75, 3.05) is 44.3 Å². The number of hydrogen-bond acceptors (Lipinski definition) is 4. The van der Waals surface area contributed by atoms with E-state index in [-0.39, 0.29) is 5.41 Å². The maximum absolute atomic E-state index is 13.1. The molecular formula is C18H26N2O2S. The quantitative estimate of drug-likeness (QED) is 0.852. The Hall–Kier alpha value is -0.910. The Balaban J connectivity index is 1.43. The first-order chi connectivity index (χ1) is 11.3. The van der Waals surface area contributed by atoms with Crippen LogP contribution in [0.5, 0.6) is 0 Å². The molecule has 126 valence electrons. The molecule has 4 rings (SSSR count). The zero-order valence-electron chi connectivity index (χ0n) is 13.7. The number of nitrogens with zero attached hydrogens (tertiary/aromatic N) is 2. The lowest BCUT2D eigenvalue weighted by Crippen LogP contribution is -2.49. The van der Waals surface area contributed by atoms with Crippen molar-refractivity contribution in [2.45, 2.75) is 32.1 Å². The van der Waals surface area contributed by atoms with E-state index in [1.54, 1.807) is 11.3 Å². The van der Waals surface area contributed by atoms with Gasteiger partial charge in [-0.1, -0.05) is 0 Å². The fourth-order valence-corrected chi connectivity index (χ4v) is 5.18. The summed E-state index contributed by atoms with van der Waals surface area (Å²) in [5.74, 6) is 1.12. The van der Waals surface area contributed by atoms with E-state index in [0.717, 1.165) is 70.3 Å². The lowest BCUT2D eigenvalue weighted by Gasteiger charge is -2.40. The minimum absolute atomic E-state index is 0.120. The van der Waals surface area contributed by atoms with Crippen LogP contribution in [-0.4, -0.2) is 50.2 Å². The number of rotatable bonds is 3. The van der Waals surface area contributed by atoms with Gasteiger partial charge in [0, 0.05) is 38.2 Å². The van der Waals surface area contributed by atoms with Crippen LogP contribution >= 0.6 is 11.3 Å². The molecule has 4 nitrogen and oxygen atoms in total. The van der Waals surface area contributed by atoms with Crippen LogP contribution in [0.4, 0.5) is 5.69 Å². The molecule has 1 amide bonds. The van der Waals surface area contributed by atoms with Crippen LogP contribution in [0.3, 0.4) is 0 Å². The molecule has 3 saturated heterocycles. The van der Waals surface area contributed by atoms with Gasteiger partial charge < -0.3 is 14.5 Å². The van der Waals surface area contributed by atoms with Gasteiger partial charge in [0.1, 0.15) is 0 Å². The molecule has 3 aliphatic heterocycles. The van der Waals surface area contributed by atoms with Gasteiger partial charge in [-0.15, -0.1) is 0 Å². The van der Waals surface area contributed by atoms with E-state index in [1.807, 2.05) is 4.90 Å². The van der Waals surface area contributed by atoms with Gasteiger partial charge in [-0.05, 0) is 56.0 Å². The molecule has 3 aliphatic rings. The fraction of sp³-hybridized carbons (Fsp3) is 0.722. The van der Waals surface area contributed by atoms with Crippen molar-refractivity contribution < 1.29 is 9.53 Å². The maximum atomic E-state index is 13.1. The molecule has 0 saturated carbocycles. The number of ether oxygens (including phenoxy) is 1. The molecule has 0 N–H and O–H groups in total. The van der Waals surface area contributed by atoms with Gasteiger partial charge >= 0.3 is 0 Å². The van der Waals surface area contributed by atoms with Crippen LogP contribution in [0.25, 0.3) is 0 Å². The van der Waals surface area contributed by atoms with Crippen molar-refractivity contribution in [1.29, 1.82) is 0 Å². The van der Waals surface area contributed by atoms with Crippen LogP contribution < -0.4 is 4.90 Å². The molecule has 0 aromatic carbocycles. The van der Waals surface area contributed by atoms with Gasteiger partial charge in [0.05, 0.1) is 11.1 Å². The maximum Gasteiger partial charge on any atom is 0.234 e. The Labute approximate surface area is 142 Å². The highest BCUT2D eigenvalue weighted by atomic mass is 32.1. The molecule has 1 aromatic rings. The molecule has 0 radical (unpaired) electrons. The van der Waals surface area contributed by atoms with E-state index >= 15 is 0 Å². The SMILES string of the molecule is O=C1N(c2ccsc2)CC[C@@]12CCCN(CC1CCOCC1)C2. The Bertz CT molecular complexity index is 541. The van der Waals surface area contributed by atoms with Crippen LogP contribution in [-0.2, 0) is 9.53 Å². The molecule has 0 bridgehead atoms. The Morgan fingerprint density at radius 3 is 2.91 bits per heavy atom. The normalized spacial score (nSPS) is 30.4. The number of likely N-dealkylation sites (tertiary alicyclic amines) is 1. The highest BCUT2D eigenvalue weighted by Crippen LogP contribution is 2.42. The van der Waals surface area contributed by atoms with Gasteiger partial charge in [0.15, 0.2) is 0 Å². The molecule has 5 heteroatoms. The minimum atomic E-state index is -0.120. The zero-order valence-corrected chi connectivity index (χ0v) is 14.5. The van der Waals surface area contributed by atoms with Crippen LogP contribution in [0.2, 0.25) is 0 Å². The van der Waals surface area contributed by atoms with Gasteiger partial charge in [-0.25, -0.2) is 0 Å². The van der Waals surface area contributed by atoms with Crippen molar-refractivity contribution in [3.63, 3.8) is 0 Å². The summed E-state index contributed by atoms with van der Waals surface area (Å²) in [6.07, 6.45) is 5.60. The minimum Gasteiger partial charge on any atom is -0.381 e. The Morgan fingerprint density at radius 1 is 1.26 bits per heavy atom. The van der Waals surface area contributed by atoms with Gasteiger partial charge in [0.2, 0.25) is 5.91 Å². The number of carbonyl (C=O) groups is 1. The standard InChI is InChI=1S/C18H26N2O2S/c21-17-18(6-8-20(17)16-4-11-23-13-16)5-1-7-19(14-18)12-15-2-9-22-10-3-15/h4,11,13,15H,1-3,5-10,12,14H2/t18-/m1/s1. The van der Waals surface area contributed by atoms with E-state index in [1.165, 1.54) is 12.8 Å². The molecule has 0 aliphatic carbocycles. The lowest BCUT2D eigenvalue weighted by molar-refractivity contribution is -0.128. The summed E-state index contributed by atoms with van der Waals surface area (Å²) < 4.78 is 5.48. The molecule has 23 heavy (non-hydrogen) atoms. The number of thiophene rings is 1. The summed E-state index contributed by atoms with van der Waals surface area (Å²) in [7, 11) is 0. The molecular weight excluding hydrogens is 308 g/mol. The molecule has 3 fully saturated rings. The highest BCUT2D eigenvalue weighted by Gasteiger charge is 2.49. The number of piperidine rings is 1. The summed E-state index contributed by atoms with van der Waals surface area (Å²) in [4.78, 5) is 17.7. The van der Waals surface area contributed by atoms with Crippen molar-refractivity contribution in [1.82, 2.24) is 4.90 Å². The van der Waals surface area contributed by atoms with Crippen molar-refractivity contribution in [2.24, 2.45) is 11.3 Å². The van der Waals surface area contributed by atoms with Gasteiger partial charge in [-0.2, -0.15) is 11.3 Å². The third-order valence-corrected chi connectivity index (χ3v) is 6.51. The van der Waals surface area contributed by atoms with Gasteiger partial charge in [-0.3, -0.25) is 4.79 Å². The van der Waals surface area contributed by atoms with E-state index in [2.05, 4.69) is 21.7 Å². The third-order valence-electron chi connectivity index (χ3n) is 5.84. The molecule has 4 heterocycles. The number of carbonyl (C=O) groups excluding carboxylic acids is 1. The van der Waals surface area contributed by atoms with Crippen LogP contribution in [0.15, 0.2) is 16.8 Å². The first-order valence-corrected chi connectivity index (χ1v) is 9.85. The number of hydrogen-bond donors (Lipinski definition) is 0. The van der Waals surface area contributed by atoms with Crippen molar-refractivity contribution in [3.8, 4) is 0 Å². The predicted molar refractivity (Wildman–Crippen MR) is 92.9 cm³/mol. The topological polar surface area (TPSA) is 32.8 Å². The number of amides is 1. The lowest BCUT2D eigenvalue weighted by atomic mass is 9.78. The summed E-state index contributed by atoms with van der Waals surface area (Å²) in [5, 5.41) is 4.16. The largest absolute Gasteiger partial charge is 0.381 e. The van der Waals surface area contributed by atoms with Crippen LogP contribution in [0.1, 0.15) is 32.1 Å². The predicted octanol–water partition coefficient (Wildman–Crippen LogP) is 2.99. The highest BCUT2D eigenvalue weighted by molar-refractivity contribution is 7.08. The average Bonchev–Trinajstić information content (AvgIpc) is 3.19. The van der Waals surface area contributed by atoms with E-state index in [4.69, 9.17) is 4.74 Å². The number of anilines is 1. The summed E-state index contributed by atoms with van der Waals surface area (Å²) in [6.45, 7) is 5.98. The van der Waals surface area contributed by atoms with Crippen molar-refractivity contribution in [3.05, 3.63) is 16.8 Å². The van der Waals surface area contributed by atoms with Crippen LogP contribution in [0, 0.1) is 11.3 Å². The van der Waals surface area contributed by atoms with E-state index in [0.29, 0.717) is 5.91 Å². The Morgan fingerprint density at radius 2 is 2.13 bits per heavy atom. The molecule has 1 aromatic heterocycles. The summed E-state index contributed by atoms with van der Waals surface area (Å²) in [5.41, 5.74) is 0.976. The average molecular weight is 334 g/mol. The van der Waals surface area contributed by atoms with E-state index in [9.17, 15) is 4.79 Å². The zero-order chi connectivity index (χ0) is 15.7. The molecule has 1 atom stereocenters. The fourth-order valence-electron chi connectivity index (χ4n) is 4.53. The van der Waals surface area contributed by atoms with Gasteiger partial charge in [0.25, 0.3) is 0 Å². The third kappa shape index (κ3) is 3.06. The second-order valence-corrected chi connectivity index (χ2v) is 8.14. The second kappa shape index (κ2) is 6.54. The molecule has 1 spiro atoms. The second-order valence-electron chi connectivity index (χ2n) is 7.36. The first kappa shape index (κ1) is 15.6. The molecule has 0 unspecified atom stereocenters. The monoisotopic (exact) mass is 334 g/mol. The Kier molecular flexibility index (Phi) is 4.43. The summed E-state index contributed by atoms with van der Waals surface area (Å²) >= 11 is 1.67. The first-order valence-electron chi connectivity index (χ1n) is 8.91. The summed E-state index contributed by atoms with van der Waals surface area (Å²) in [6, 6.07) is 2.07. The smallest absolute Gasteiger partial charge is 0.234 e. The van der Waals surface area contributed by atoms with Crippen molar-refractivity contribution >= 4 is 22.9 Å².